The average Bonchev–Trinajstić information content (AvgIpc) is 1.88. The van der Waals surface area contributed by atoms with Crippen molar-refractivity contribution in [3.63, 3.8) is 0 Å². The lowest BCUT2D eigenvalue weighted by Crippen LogP contribution is -2.25. The predicted octanol–water partition coefficient (Wildman–Crippen LogP) is 1.36. The van der Waals surface area contributed by atoms with Crippen LogP contribution in [0.1, 0.15) is 0 Å². The van der Waals surface area contributed by atoms with Crippen LogP contribution in [0, 0.1) is 0 Å². The van der Waals surface area contributed by atoms with Crippen LogP contribution in [-0.4, -0.2) is 11.8 Å². The minimum Gasteiger partial charge on any atom is -0.356 e. The molecule has 0 aromatic rings. The van der Waals surface area contributed by atoms with Gasteiger partial charge >= 0.3 is 0 Å². The molecule has 1 unspecified atom stereocenters. The zero-order valence-electron chi connectivity index (χ0n) is 4.97. The zero-order chi connectivity index (χ0) is 7.56. The van der Waals surface area contributed by atoms with Gasteiger partial charge < -0.3 is 5.32 Å². The minimum absolute atomic E-state index is 0.450. The van der Waals surface area contributed by atoms with E-state index in [0.29, 0.717) is 17.0 Å². The number of carbonyl (C=O) groups excluding carboxylic acids is 1. The number of hydrogen-bond acceptors (Lipinski definition) is 2. The summed E-state index contributed by atoms with van der Waals surface area (Å²) >= 11 is 11.2. The fourth-order valence-electron chi connectivity index (χ4n) is 0.605. The Labute approximate surface area is 68.5 Å². The number of rotatable bonds is 1. The molecule has 1 rings (SSSR count). The first-order valence-corrected chi connectivity index (χ1v) is 3.48. The maximum atomic E-state index is 10.2. The summed E-state index contributed by atoms with van der Waals surface area (Å²) in [6, 6.07) is 0. The van der Waals surface area contributed by atoms with Crippen LogP contribution >= 0.6 is 23.2 Å². The molecule has 0 radical (unpaired) electrons. The molecule has 2 nitrogen and oxygen atoms in total. The SMILES string of the molecule is O=CC1=CC=C(Cl)NC1Cl. The fraction of sp³-hybridized carbons (Fsp3) is 0.167. The highest BCUT2D eigenvalue weighted by molar-refractivity contribution is 6.31. The van der Waals surface area contributed by atoms with E-state index < -0.39 is 5.50 Å². The molecule has 0 fully saturated rings. The van der Waals surface area contributed by atoms with E-state index in [1.807, 2.05) is 0 Å². The van der Waals surface area contributed by atoms with Crippen LogP contribution in [0.5, 0.6) is 0 Å². The normalized spacial score (nSPS) is 24.4. The van der Waals surface area contributed by atoms with E-state index in [1.54, 1.807) is 12.2 Å². The molecule has 0 spiro atoms. The molecule has 1 aliphatic rings. The lowest BCUT2D eigenvalue weighted by Gasteiger charge is -2.14. The van der Waals surface area contributed by atoms with E-state index in [-0.39, 0.29) is 0 Å². The maximum absolute atomic E-state index is 10.2. The van der Waals surface area contributed by atoms with Crippen molar-refractivity contribution in [2.24, 2.45) is 0 Å². The topological polar surface area (TPSA) is 29.1 Å². The van der Waals surface area contributed by atoms with Gasteiger partial charge in [0, 0.05) is 5.57 Å². The van der Waals surface area contributed by atoms with Gasteiger partial charge in [-0.15, -0.1) is 0 Å². The molecule has 4 heteroatoms. The molecule has 0 bridgehead atoms. The molecule has 1 aliphatic heterocycles. The monoisotopic (exact) mass is 177 g/mol. The van der Waals surface area contributed by atoms with Crippen LogP contribution in [0.15, 0.2) is 22.9 Å². The number of hydrogen-bond donors (Lipinski definition) is 1. The summed E-state index contributed by atoms with van der Waals surface area (Å²) in [7, 11) is 0. The molecule has 0 amide bonds. The molecule has 0 aromatic heterocycles. The Morgan fingerprint density at radius 3 is 2.80 bits per heavy atom. The van der Waals surface area contributed by atoms with Crippen LogP contribution in [0.2, 0.25) is 0 Å². The minimum atomic E-state index is -0.491. The van der Waals surface area contributed by atoms with Gasteiger partial charge in [0.25, 0.3) is 0 Å². The Kier molecular flexibility index (Phi) is 2.35. The standard InChI is InChI=1S/C6H5Cl2NO/c7-5-2-1-4(3-10)6(8)9-5/h1-3,6,9H. The molecule has 10 heavy (non-hydrogen) atoms. The summed E-state index contributed by atoms with van der Waals surface area (Å²) in [5.74, 6) is 0. The Hall–Kier alpha value is -0.470. The van der Waals surface area contributed by atoms with Crippen LogP contribution in [0.4, 0.5) is 0 Å². The van der Waals surface area contributed by atoms with Crippen molar-refractivity contribution in [2.45, 2.75) is 5.50 Å². The second-order valence-electron chi connectivity index (χ2n) is 1.81. The molecule has 1 atom stereocenters. The average molecular weight is 178 g/mol. The van der Waals surface area contributed by atoms with Gasteiger partial charge in [0.15, 0.2) is 0 Å². The van der Waals surface area contributed by atoms with Crippen LogP contribution in [-0.2, 0) is 4.79 Å². The Bertz CT molecular complexity index is 210. The smallest absolute Gasteiger partial charge is 0.149 e. The summed E-state index contributed by atoms with van der Waals surface area (Å²) in [6.07, 6.45) is 3.87. The molecular formula is C6H5Cl2NO. The highest BCUT2D eigenvalue weighted by Gasteiger charge is 2.12. The van der Waals surface area contributed by atoms with Gasteiger partial charge in [-0.3, -0.25) is 4.79 Å². The van der Waals surface area contributed by atoms with Crippen LogP contribution < -0.4 is 5.32 Å². The van der Waals surface area contributed by atoms with Crippen molar-refractivity contribution < 1.29 is 4.79 Å². The molecule has 0 aliphatic carbocycles. The molecule has 0 aromatic carbocycles. The number of halogens is 2. The first-order chi connectivity index (χ1) is 4.74. The number of alkyl halides is 1. The van der Waals surface area contributed by atoms with E-state index in [4.69, 9.17) is 23.2 Å². The van der Waals surface area contributed by atoms with Gasteiger partial charge in [0.1, 0.15) is 16.9 Å². The van der Waals surface area contributed by atoms with E-state index >= 15 is 0 Å². The van der Waals surface area contributed by atoms with E-state index in [1.165, 1.54) is 0 Å². The van der Waals surface area contributed by atoms with Gasteiger partial charge in [-0.2, -0.15) is 0 Å². The van der Waals surface area contributed by atoms with Crippen LogP contribution in [0.3, 0.4) is 0 Å². The van der Waals surface area contributed by atoms with Gasteiger partial charge in [0.05, 0.1) is 0 Å². The van der Waals surface area contributed by atoms with Crippen molar-refractivity contribution in [1.82, 2.24) is 5.32 Å². The first-order valence-electron chi connectivity index (χ1n) is 2.67. The van der Waals surface area contributed by atoms with Crippen molar-refractivity contribution in [1.29, 1.82) is 0 Å². The lowest BCUT2D eigenvalue weighted by molar-refractivity contribution is -0.105. The molecule has 0 saturated carbocycles. The molecule has 0 saturated heterocycles. The Balaban J connectivity index is 2.81. The number of allylic oxidation sites excluding steroid dienone is 2. The largest absolute Gasteiger partial charge is 0.356 e. The summed E-state index contributed by atoms with van der Waals surface area (Å²) in [5, 5.41) is 3.12. The van der Waals surface area contributed by atoms with Crippen molar-refractivity contribution in [2.75, 3.05) is 0 Å². The van der Waals surface area contributed by atoms with E-state index in [2.05, 4.69) is 5.32 Å². The highest BCUT2D eigenvalue weighted by Crippen LogP contribution is 2.14. The van der Waals surface area contributed by atoms with E-state index in [9.17, 15) is 4.79 Å². The highest BCUT2D eigenvalue weighted by atomic mass is 35.5. The molecule has 1 heterocycles. The van der Waals surface area contributed by atoms with Gasteiger partial charge in [-0.1, -0.05) is 23.2 Å². The summed E-state index contributed by atoms with van der Waals surface area (Å²) < 4.78 is 0. The zero-order valence-corrected chi connectivity index (χ0v) is 6.49. The molecular weight excluding hydrogens is 173 g/mol. The van der Waals surface area contributed by atoms with Gasteiger partial charge in [-0.05, 0) is 12.2 Å². The summed E-state index contributed by atoms with van der Waals surface area (Å²) in [5.41, 5.74) is 0.000988. The number of nitrogens with one attached hydrogen (secondary N) is 1. The van der Waals surface area contributed by atoms with Gasteiger partial charge in [0.2, 0.25) is 0 Å². The van der Waals surface area contributed by atoms with Crippen LogP contribution in [0.25, 0.3) is 0 Å². The second-order valence-corrected chi connectivity index (χ2v) is 2.65. The second kappa shape index (κ2) is 3.08. The summed E-state index contributed by atoms with van der Waals surface area (Å²) in [4.78, 5) is 10.2. The lowest BCUT2D eigenvalue weighted by atomic mass is 10.2. The quantitative estimate of drug-likeness (QED) is 0.373. The summed E-state index contributed by atoms with van der Waals surface area (Å²) in [6.45, 7) is 0. The molecule has 54 valence electrons. The third kappa shape index (κ3) is 1.52. The Morgan fingerprint density at radius 2 is 2.30 bits per heavy atom. The predicted molar refractivity (Wildman–Crippen MR) is 40.9 cm³/mol. The number of carbonyl (C=O) groups is 1. The third-order valence-corrected chi connectivity index (χ3v) is 1.71. The van der Waals surface area contributed by atoms with Crippen molar-refractivity contribution in [3.05, 3.63) is 22.9 Å². The Morgan fingerprint density at radius 1 is 1.60 bits per heavy atom. The third-order valence-electron chi connectivity index (χ3n) is 1.12. The fourth-order valence-corrected chi connectivity index (χ4v) is 1.08. The van der Waals surface area contributed by atoms with Crippen molar-refractivity contribution >= 4 is 29.5 Å². The first kappa shape index (κ1) is 7.63. The van der Waals surface area contributed by atoms with E-state index in [0.717, 1.165) is 0 Å². The molecule has 1 N–H and O–H groups in total. The maximum Gasteiger partial charge on any atom is 0.149 e. The number of dihydropyridines is 1. The van der Waals surface area contributed by atoms with Crippen molar-refractivity contribution in [3.8, 4) is 0 Å². The van der Waals surface area contributed by atoms with Gasteiger partial charge in [-0.25, -0.2) is 0 Å². The number of aldehydes is 1.